The molecule has 10 heteroatoms. The van der Waals surface area contributed by atoms with Crippen molar-refractivity contribution in [2.45, 2.75) is 19.0 Å². The maximum atomic E-state index is 12.7. The Morgan fingerprint density at radius 1 is 1.25 bits per heavy atom. The summed E-state index contributed by atoms with van der Waals surface area (Å²) in [4.78, 5) is 14.5. The molecule has 4 rings (SSSR count). The van der Waals surface area contributed by atoms with E-state index in [0.29, 0.717) is 22.7 Å². The zero-order chi connectivity index (χ0) is 23.0. The average Bonchev–Trinajstić information content (AvgIpc) is 3.35. The van der Waals surface area contributed by atoms with Gasteiger partial charge in [-0.1, -0.05) is 17.8 Å². The summed E-state index contributed by atoms with van der Waals surface area (Å²) < 4.78 is 31.9. The highest BCUT2D eigenvalue weighted by Crippen LogP contribution is 2.43. The molecule has 0 fully saturated rings. The number of nitrogens with zero attached hydrogens (tertiary/aromatic N) is 3. The van der Waals surface area contributed by atoms with Crippen LogP contribution in [-0.2, 0) is 21.4 Å². The zero-order valence-corrected chi connectivity index (χ0v) is 19.0. The summed E-state index contributed by atoms with van der Waals surface area (Å²) in [5.41, 5.74) is 7.59. The lowest BCUT2D eigenvalue weighted by Gasteiger charge is -2.36. The van der Waals surface area contributed by atoms with Crippen molar-refractivity contribution in [1.29, 1.82) is 5.26 Å². The molecule has 0 spiro atoms. The van der Waals surface area contributed by atoms with Crippen molar-refractivity contribution in [3.8, 4) is 6.07 Å². The number of hydrogen-bond donors (Lipinski definition) is 1. The number of furan rings is 1. The molecule has 0 saturated heterocycles. The SMILES string of the molecule is CC1=C(C(N)=O)N(S(C)(=O)=O)C(N(Cc2ccc3occc3c2)c2ccc(C#N)cc2)S1. The maximum absolute atomic E-state index is 12.7. The third kappa shape index (κ3) is 4.04. The smallest absolute Gasteiger partial charge is 0.266 e. The van der Waals surface area contributed by atoms with Crippen LogP contribution < -0.4 is 10.6 Å². The second-order valence-corrected chi connectivity index (χ2v) is 10.5. The number of benzene rings is 2. The van der Waals surface area contributed by atoms with Gasteiger partial charge >= 0.3 is 0 Å². The van der Waals surface area contributed by atoms with Crippen LogP contribution in [0.15, 0.2) is 69.8 Å². The summed E-state index contributed by atoms with van der Waals surface area (Å²) in [5.74, 6) is -0.803. The van der Waals surface area contributed by atoms with E-state index in [-0.39, 0.29) is 5.70 Å². The minimum absolute atomic E-state index is 0.0357. The van der Waals surface area contributed by atoms with Gasteiger partial charge in [0.1, 0.15) is 11.3 Å². The lowest BCUT2D eigenvalue weighted by atomic mass is 10.1. The van der Waals surface area contributed by atoms with E-state index in [0.717, 1.165) is 27.1 Å². The minimum Gasteiger partial charge on any atom is -0.464 e. The first kappa shape index (κ1) is 21.8. The molecule has 1 atom stereocenters. The predicted molar refractivity (Wildman–Crippen MR) is 124 cm³/mol. The van der Waals surface area contributed by atoms with Crippen LogP contribution >= 0.6 is 11.8 Å². The summed E-state index contributed by atoms with van der Waals surface area (Å²) in [7, 11) is -3.82. The van der Waals surface area contributed by atoms with Crippen LogP contribution in [0.3, 0.4) is 0 Å². The average molecular weight is 469 g/mol. The fourth-order valence-electron chi connectivity index (χ4n) is 3.66. The van der Waals surface area contributed by atoms with Crippen molar-refractivity contribution in [3.63, 3.8) is 0 Å². The second-order valence-electron chi connectivity index (χ2n) is 7.35. The number of rotatable bonds is 6. The second kappa shape index (κ2) is 8.26. The molecule has 0 radical (unpaired) electrons. The number of primary amides is 1. The largest absolute Gasteiger partial charge is 0.464 e. The van der Waals surface area contributed by atoms with E-state index in [2.05, 4.69) is 6.07 Å². The van der Waals surface area contributed by atoms with E-state index >= 15 is 0 Å². The number of carbonyl (C=O) groups is 1. The number of fused-ring (bicyclic) bond motifs is 1. The summed E-state index contributed by atoms with van der Waals surface area (Å²) in [6.45, 7) is 2.02. The number of thioether (sulfide) groups is 1. The van der Waals surface area contributed by atoms with Crippen LogP contribution in [0.1, 0.15) is 18.1 Å². The maximum Gasteiger partial charge on any atom is 0.266 e. The zero-order valence-electron chi connectivity index (χ0n) is 17.3. The van der Waals surface area contributed by atoms with E-state index in [4.69, 9.17) is 15.4 Å². The van der Waals surface area contributed by atoms with Crippen LogP contribution in [0.4, 0.5) is 5.69 Å². The van der Waals surface area contributed by atoms with Gasteiger partial charge in [-0.2, -0.15) is 5.26 Å². The molecule has 2 heterocycles. The lowest BCUT2D eigenvalue weighted by Crippen LogP contribution is -2.47. The molecule has 1 amide bonds. The molecule has 0 bridgehead atoms. The minimum atomic E-state index is -3.82. The summed E-state index contributed by atoms with van der Waals surface area (Å²) in [5, 5.41) is 10.1. The molecule has 32 heavy (non-hydrogen) atoms. The number of nitrogens with two attached hydrogens (primary N) is 1. The van der Waals surface area contributed by atoms with Crippen LogP contribution in [0.2, 0.25) is 0 Å². The Kier molecular flexibility index (Phi) is 5.62. The topological polar surface area (TPSA) is 121 Å². The number of sulfonamides is 1. The lowest BCUT2D eigenvalue weighted by molar-refractivity contribution is -0.115. The summed E-state index contributed by atoms with van der Waals surface area (Å²) in [6, 6.07) is 16.5. The van der Waals surface area contributed by atoms with Gasteiger partial charge in [0.25, 0.3) is 5.91 Å². The molecule has 1 aliphatic rings. The Morgan fingerprint density at radius 2 is 1.97 bits per heavy atom. The third-order valence-corrected chi connectivity index (χ3v) is 7.55. The van der Waals surface area contributed by atoms with Crippen LogP contribution in [0.25, 0.3) is 11.0 Å². The van der Waals surface area contributed by atoms with E-state index in [1.165, 1.54) is 11.8 Å². The highest BCUT2D eigenvalue weighted by atomic mass is 32.2. The van der Waals surface area contributed by atoms with E-state index in [1.54, 1.807) is 37.5 Å². The van der Waals surface area contributed by atoms with E-state index in [9.17, 15) is 13.2 Å². The number of allylic oxidation sites excluding steroid dienone is 1. The van der Waals surface area contributed by atoms with E-state index < -0.39 is 21.4 Å². The van der Waals surface area contributed by atoms with Crippen LogP contribution in [0, 0.1) is 11.3 Å². The molecule has 1 aromatic heterocycles. The van der Waals surface area contributed by atoms with Crippen molar-refractivity contribution in [3.05, 3.63) is 76.5 Å². The number of carbonyl (C=O) groups excluding carboxylic acids is 1. The number of nitriles is 1. The summed E-state index contributed by atoms with van der Waals surface area (Å²) >= 11 is 1.24. The molecule has 2 N–H and O–H groups in total. The predicted octanol–water partition coefficient (Wildman–Crippen LogP) is 3.32. The fraction of sp³-hybridized carbons (Fsp3) is 0.182. The van der Waals surface area contributed by atoms with Gasteiger partial charge in [0, 0.05) is 22.5 Å². The standard InChI is InChI=1S/C22H20N4O4S2/c1-14-20(21(24)27)26(32(2,28)29)22(31-14)25(18-6-3-15(12-23)4-7-18)13-16-5-8-19-17(11-16)9-10-30-19/h3-11,22H,13H2,1-2H3,(H2,24,27). The summed E-state index contributed by atoms with van der Waals surface area (Å²) in [6.07, 6.45) is 2.66. The van der Waals surface area contributed by atoms with Gasteiger partial charge in [-0.3, -0.25) is 4.79 Å². The molecule has 1 unspecified atom stereocenters. The Hall–Kier alpha value is -3.42. The highest BCUT2D eigenvalue weighted by Gasteiger charge is 2.42. The molecular formula is C22H20N4O4S2. The number of anilines is 1. The molecule has 164 valence electrons. The first-order chi connectivity index (χ1) is 15.2. The van der Waals surface area contributed by atoms with Gasteiger partial charge in [0.05, 0.1) is 24.2 Å². The van der Waals surface area contributed by atoms with Gasteiger partial charge in [-0.25, -0.2) is 12.7 Å². The molecule has 0 aliphatic carbocycles. The van der Waals surface area contributed by atoms with Crippen molar-refractivity contribution in [1.82, 2.24) is 4.31 Å². The van der Waals surface area contributed by atoms with Crippen molar-refractivity contribution < 1.29 is 17.6 Å². The van der Waals surface area contributed by atoms with Crippen LogP contribution in [0.5, 0.6) is 0 Å². The first-order valence-electron chi connectivity index (χ1n) is 9.59. The normalized spacial score (nSPS) is 16.4. The number of hydrogen-bond acceptors (Lipinski definition) is 7. The quantitative estimate of drug-likeness (QED) is 0.589. The first-order valence-corrected chi connectivity index (χ1v) is 12.3. The van der Waals surface area contributed by atoms with Gasteiger partial charge in [-0.05, 0) is 55.0 Å². The monoisotopic (exact) mass is 468 g/mol. The number of amides is 1. The molecule has 3 aromatic rings. The molecule has 1 aliphatic heterocycles. The Balaban J connectivity index is 1.80. The highest BCUT2D eigenvalue weighted by molar-refractivity contribution is 8.04. The fourth-order valence-corrected chi connectivity index (χ4v) is 6.47. The third-order valence-electron chi connectivity index (χ3n) is 5.09. The Morgan fingerprint density at radius 3 is 2.59 bits per heavy atom. The van der Waals surface area contributed by atoms with Gasteiger partial charge < -0.3 is 15.1 Å². The van der Waals surface area contributed by atoms with Gasteiger partial charge in [0.2, 0.25) is 10.0 Å². The van der Waals surface area contributed by atoms with Crippen molar-refractivity contribution in [2.24, 2.45) is 5.73 Å². The molecular weight excluding hydrogens is 448 g/mol. The van der Waals surface area contributed by atoms with Gasteiger partial charge in [0.15, 0.2) is 5.50 Å². The van der Waals surface area contributed by atoms with Crippen molar-refractivity contribution in [2.75, 3.05) is 11.2 Å². The van der Waals surface area contributed by atoms with Crippen molar-refractivity contribution >= 4 is 44.3 Å². The molecule has 2 aromatic carbocycles. The Labute approximate surface area is 189 Å². The van der Waals surface area contributed by atoms with E-state index in [1.807, 2.05) is 29.2 Å². The molecule has 8 nitrogen and oxygen atoms in total. The van der Waals surface area contributed by atoms with Gasteiger partial charge in [-0.15, -0.1) is 0 Å². The molecule has 0 saturated carbocycles. The van der Waals surface area contributed by atoms with Crippen LogP contribution in [-0.4, -0.2) is 30.4 Å². The Bertz CT molecular complexity index is 1370.